The molecule has 11 nitrogen and oxygen atoms in total. The molecule has 1 saturated heterocycles. The molecule has 0 radical (unpaired) electrons. The van der Waals surface area contributed by atoms with Crippen LogP contribution in [-0.2, 0) is 7.05 Å². The Balaban J connectivity index is 1.49. The van der Waals surface area contributed by atoms with Gasteiger partial charge in [0, 0.05) is 31.6 Å². The van der Waals surface area contributed by atoms with E-state index in [0.717, 1.165) is 48.7 Å². The van der Waals surface area contributed by atoms with Gasteiger partial charge in [0.2, 0.25) is 0 Å². The van der Waals surface area contributed by atoms with Crippen LogP contribution in [0, 0.1) is 6.92 Å². The van der Waals surface area contributed by atoms with Gasteiger partial charge >= 0.3 is 5.97 Å². The van der Waals surface area contributed by atoms with E-state index in [1.54, 1.807) is 31.0 Å². The number of methoxy groups -OCH3 is 1. The number of piperidine rings is 1. The zero-order valence-electron chi connectivity index (χ0n) is 22.7. The highest BCUT2D eigenvalue weighted by Gasteiger charge is 2.28. The van der Waals surface area contributed by atoms with E-state index in [2.05, 4.69) is 25.2 Å². The van der Waals surface area contributed by atoms with Gasteiger partial charge in [-0.15, -0.1) is 0 Å². The molecule has 0 amide bonds. The maximum absolute atomic E-state index is 13.6. The SMILES string of the molecule is COc1cncnc1N1CCC(c2nc3c(C(C)Nc4ccc(Cl)nc4C(=O)O)cc(C)cc3c(=O)n2C)CC1. The number of ether oxygens (including phenoxy) is 1. The fraction of sp³-hybridized carbons (Fsp3) is 0.357. The zero-order valence-corrected chi connectivity index (χ0v) is 23.4. The third-order valence-electron chi connectivity index (χ3n) is 7.33. The van der Waals surface area contributed by atoms with E-state index in [4.69, 9.17) is 21.3 Å². The summed E-state index contributed by atoms with van der Waals surface area (Å²) in [5, 5.41) is 13.5. The predicted octanol–water partition coefficient (Wildman–Crippen LogP) is 4.34. The van der Waals surface area contributed by atoms with Crippen LogP contribution in [-0.4, -0.2) is 55.8 Å². The van der Waals surface area contributed by atoms with Crippen LogP contribution < -0.4 is 20.5 Å². The Labute approximate surface area is 235 Å². The van der Waals surface area contributed by atoms with Crippen molar-refractivity contribution >= 4 is 40.0 Å². The number of aryl methyl sites for hydroxylation is 1. The second-order valence-corrected chi connectivity index (χ2v) is 10.3. The number of pyridine rings is 1. The van der Waals surface area contributed by atoms with Gasteiger partial charge < -0.3 is 20.1 Å². The number of carbonyl (C=O) groups is 1. The number of hydrogen-bond donors (Lipinski definition) is 2. The molecule has 5 rings (SSSR count). The lowest BCUT2D eigenvalue weighted by molar-refractivity contribution is 0.0691. The van der Waals surface area contributed by atoms with Crippen LogP contribution in [0.15, 0.2) is 41.6 Å². The van der Waals surface area contributed by atoms with Crippen LogP contribution in [0.2, 0.25) is 5.15 Å². The summed E-state index contributed by atoms with van der Waals surface area (Å²) in [6, 6.07) is 6.58. The molecule has 1 atom stereocenters. The highest BCUT2D eigenvalue weighted by atomic mass is 35.5. The number of rotatable bonds is 7. The largest absolute Gasteiger partial charge is 0.491 e. The molecule has 0 saturated carbocycles. The smallest absolute Gasteiger partial charge is 0.356 e. The molecule has 1 aliphatic rings. The van der Waals surface area contributed by atoms with E-state index in [1.165, 1.54) is 12.4 Å². The second-order valence-electron chi connectivity index (χ2n) is 9.96. The molecule has 4 heterocycles. The average molecular weight is 564 g/mol. The Morgan fingerprint density at radius 2 is 1.98 bits per heavy atom. The number of benzene rings is 1. The Morgan fingerprint density at radius 3 is 2.67 bits per heavy atom. The summed E-state index contributed by atoms with van der Waals surface area (Å²) in [7, 11) is 3.37. The summed E-state index contributed by atoms with van der Waals surface area (Å²) in [5.41, 5.74) is 2.34. The van der Waals surface area contributed by atoms with Gasteiger partial charge in [0.05, 0.1) is 35.9 Å². The third-order valence-corrected chi connectivity index (χ3v) is 7.54. The Kier molecular flexibility index (Phi) is 7.57. The number of fused-ring (bicyclic) bond motifs is 1. The van der Waals surface area contributed by atoms with Gasteiger partial charge in [-0.1, -0.05) is 17.7 Å². The standard InChI is InChI=1S/C28H30ClN7O4/c1-15-11-18(16(2)32-20-5-6-22(29)33-24(20)28(38)39)23-19(12-15)27(37)35(3)25(34-23)17-7-9-36(10-8-17)26-21(40-4)13-30-14-31-26/h5-6,11-14,16-17,32H,7-10H2,1-4H3,(H,38,39). The monoisotopic (exact) mass is 563 g/mol. The summed E-state index contributed by atoms with van der Waals surface area (Å²) in [6.07, 6.45) is 4.73. The number of hydrogen-bond acceptors (Lipinski definition) is 9. The summed E-state index contributed by atoms with van der Waals surface area (Å²) >= 11 is 5.93. The lowest BCUT2D eigenvalue weighted by Crippen LogP contribution is -2.36. The summed E-state index contributed by atoms with van der Waals surface area (Å²) in [5.74, 6) is 0.990. The topological polar surface area (TPSA) is 135 Å². The lowest BCUT2D eigenvalue weighted by atomic mass is 9.94. The minimum atomic E-state index is -1.19. The van der Waals surface area contributed by atoms with E-state index in [-0.39, 0.29) is 28.4 Å². The first-order valence-electron chi connectivity index (χ1n) is 12.9. The normalized spacial score (nSPS) is 14.8. The number of nitrogens with zero attached hydrogens (tertiary/aromatic N) is 6. The van der Waals surface area contributed by atoms with Gasteiger partial charge in [-0.05, 0) is 50.5 Å². The van der Waals surface area contributed by atoms with Crippen molar-refractivity contribution in [3.05, 3.63) is 74.9 Å². The summed E-state index contributed by atoms with van der Waals surface area (Å²) in [4.78, 5) is 45.0. The van der Waals surface area contributed by atoms with E-state index in [9.17, 15) is 14.7 Å². The Hall–Kier alpha value is -4.25. The lowest BCUT2D eigenvalue weighted by Gasteiger charge is -2.33. The van der Waals surface area contributed by atoms with Gasteiger partial charge in [-0.2, -0.15) is 0 Å². The molecule has 0 spiro atoms. The first-order valence-corrected chi connectivity index (χ1v) is 13.3. The number of aromatic carboxylic acids is 1. The minimum Gasteiger partial charge on any atom is -0.491 e. The van der Waals surface area contributed by atoms with Crippen LogP contribution in [0.25, 0.3) is 10.9 Å². The fourth-order valence-corrected chi connectivity index (χ4v) is 5.48. The molecule has 3 aromatic heterocycles. The molecule has 1 aromatic carbocycles. The van der Waals surface area contributed by atoms with Gasteiger partial charge in [0.25, 0.3) is 5.56 Å². The molecular formula is C28H30ClN7O4. The Morgan fingerprint density at radius 1 is 1.23 bits per heavy atom. The predicted molar refractivity (Wildman–Crippen MR) is 153 cm³/mol. The molecule has 2 N–H and O–H groups in total. The molecule has 1 aliphatic heterocycles. The van der Waals surface area contributed by atoms with Crippen molar-refractivity contribution in [2.45, 2.75) is 38.6 Å². The van der Waals surface area contributed by atoms with Crippen molar-refractivity contribution in [3.8, 4) is 5.75 Å². The van der Waals surface area contributed by atoms with E-state index in [0.29, 0.717) is 22.3 Å². The molecule has 4 aromatic rings. The van der Waals surface area contributed by atoms with Crippen LogP contribution in [0.3, 0.4) is 0 Å². The number of carboxylic acids is 1. The first-order chi connectivity index (χ1) is 19.2. The van der Waals surface area contributed by atoms with Crippen molar-refractivity contribution in [2.75, 3.05) is 30.4 Å². The summed E-state index contributed by atoms with van der Waals surface area (Å²) < 4.78 is 7.09. The number of halogens is 1. The number of aromatic nitrogens is 5. The van der Waals surface area contributed by atoms with Crippen molar-refractivity contribution in [2.24, 2.45) is 7.05 Å². The van der Waals surface area contributed by atoms with E-state index < -0.39 is 5.97 Å². The number of anilines is 2. The highest BCUT2D eigenvalue weighted by Crippen LogP contribution is 2.34. The molecule has 0 aliphatic carbocycles. The molecule has 40 heavy (non-hydrogen) atoms. The van der Waals surface area contributed by atoms with Gasteiger partial charge in [-0.25, -0.2) is 24.7 Å². The molecule has 0 bridgehead atoms. The minimum absolute atomic E-state index is 0.0719. The second kappa shape index (κ2) is 11.1. The van der Waals surface area contributed by atoms with Gasteiger partial charge in [0.1, 0.15) is 17.3 Å². The van der Waals surface area contributed by atoms with Crippen molar-refractivity contribution in [1.82, 2.24) is 24.5 Å². The zero-order chi connectivity index (χ0) is 28.6. The molecular weight excluding hydrogens is 534 g/mol. The third kappa shape index (κ3) is 5.16. The highest BCUT2D eigenvalue weighted by molar-refractivity contribution is 6.29. The molecule has 12 heteroatoms. The maximum atomic E-state index is 13.6. The molecule has 1 unspecified atom stereocenters. The van der Waals surface area contributed by atoms with Crippen LogP contribution in [0.5, 0.6) is 5.75 Å². The van der Waals surface area contributed by atoms with Gasteiger partial charge in [0.15, 0.2) is 17.3 Å². The summed E-state index contributed by atoms with van der Waals surface area (Å²) in [6.45, 7) is 5.28. The number of nitrogens with one attached hydrogen (secondary N) is 1. The molecule has 1 fully saturated rings. The maximum Gasteiger partial charge on any atom is 0.356 e. The number of carboxylic acid groups (broad SMARTS) is 1. The van der Waals surface area contributed by atoms with Crippen molar-refractivity contribution < 1.29 is 14.6 Å². The van der Waals surface area contributed by atoms with Crippen molar-refractivity contribution in [1.29, 1.82) is 0 Å². The van der Waals surface area contributed by atoms with E-state index in [1.807, 2.05) is 26.0 Å². The van der Waals surface area contributed by atoms with Crippen LogP contribution in [0.4, 0.5) is 11.5 Å². The van der Waals surface area contributed by atoms with Crippen LogP contribution >= 0.6 is 11.6 Å². The average Bonchev–Trinajstić information content (AvgIpc) is 2.95. The van der Waals surface area contributed by atoms with Crippen LogP contribution in [0.1, 0.15) is 59.2 Å². The Bertz CT molecular complexity index is 1650. The molecule has 208 valence electrons. The fourth-order valence-electron chi connectivity index (χ4n) is 5.33. The quantitative estimate of drug-likeness (QED) is 0.312. The van der Waals surface area contributed by atoms with Gasteiger partial charge in [-0.3, -0.25) is 9.36 Å². The first kappa shape index (κ1) is 27.3. The van der Waals surface area contributed by atoms with Crippen molar-refractivity contribution in [3.63, 3.8) is 0 Å². The van der Waals surface area contributed by atoms with E-state index >= 15 is 0 Å².